The van der Waals surface area contributed by atoms with Gasteiger partial charge in [0.25, 0.3) is 0 Å². The molecule has 0 bridgehead atoms. The van der Waals surface area contributed by atoms with Crippen molar-refractivity contribution in [2.24, 2.45) is 0 Å². The highest BCUT2D eigenvalue weighted by atomic mass is 15.2. The van der Waals surface area contributed by atoms with Crippen LogP contribution < -0.4 is 14.7 Å². The molecule has 0 saturated heterocycles. The molecule has 3 heterocycles. The summed E-state index contributed by atoms with van der Waals surface area (Å²) >= 11 is 0. The highest BCUT2D eigenvalue weighted by Gasteiger charge is 2.40. The lowest BCUT2D eigenvalue weighted by Crippen LogP contribution is -2.16. The molecule has 3 aromatic heterocycles. The van der Waals surface area contributed by atoms with Crippen molar-refractivity contribution in [2.75, 3.05) is 14.7 Å². The number of rotatable bonds is 14. The Hall–Kier alpha value is -17.3. The third-order valence-corrected chi connectivity index (χ3v) is 29.7. The first kappa shape index (κ1) is 83.5. The van der Waals surface area contributed by atoms with Gasteiger partial charge >= 0.3 is 0 Å². The lowest BCUT2D eigenvalue weighted by molar-refractivity contribution is 0.660. The van der Waals surface area contributed by atoms with Gasteiger partial charge in [0.1, 0.15) is 0 Å². The first-order valence-electron chi connectivity index (χ1n) is 48.4. The Kier molecular flexibility index (Phi) is 20.2. The molecule has 0 atom stereocenters. The van der Waals surface area contributed by atoms with Crippen LogP contribution in [0.4, 0.5) is 51.2 Å². The second-order valence-corrected chi connectivity index (χ2v) is 38.7. The number of aromatic nitrogens is 3. The summed E-state index contributed by atoms with van der Waals surface area (Å²) in [5.41, 5.74) is 42.2. The van der Waals surface area contributed by atoms with Crippen LogP contribution in [0, 0.1) is 0 Å². The van der Waals surface area contributed by atoms with E-state index < -0.39 is 0 Å². The predicted octanol–water partition coefficient (Wildman–Crippen LogP) is 36.2. The van der Waals surface area contributed by atoms with E-state index in [0.29, 0.717) is 0 Å². The Morgan fingerprint density at radius 3 is 0.777 bits per heavy atom. The van der Waals surface area contributed by atoms with Crippen LogP contribution in [-0.4, -0.2) is 13.7 Å². The van der Waals surface area contributed by atoms with Gasteiger partial charge in [-0.25, -0.2) is 0 Å². The van der Waals surface area contributed by atoms with E-state index in [2.05, 4.69) is 567 Å². The van der Waals surface area contributed by atoms with Crippen molar-refractivity contribution < 1.29 is 0 Å². The van der Waals surface area contributed by atoms with E-state index in [4.69, 9.17) is 0 Å². The fourth-order valence-electron chi connectivity index (χ4n) is 22.8. The Morgan fingerprint density at radius 1 is 0.151 bits per heavy atom. The van der Waals surface area contributed by atoms with Crippen LogP contribution in [0.3, 0.4) is 0 Å². The molecule has 3 aliphatic carbocycles. The number of fused-ring (bicyclic) bond motifs is 19. The van der Waals surface area contributed by atoms with Crippen molar-refractivity contribution in [2.45, 2.75) is 57.8 Å². The van der Waals surface area contributed by atoms with Gasteiger partial charge in [0.05, 0.1) is 33.1 Å². The van der Waals surface area contributed by atoms with E-state index in [1.165, 1.54) is 165 Å². The summed E-state index contributed by atoms with van der Waals surface area (Å²) in [6, 6.07) is 181. The smallest absolute Gasteiger partial charge is 0.0547 e. The van der Waals surface area contributed by atoms with Crippen molar-refractivity contribution in [3.8, 4) is 72.7 Å². The van der Waals surface area contributed by atoms with Gasteiger partial charge in [-0.3, -0.25) is 0 Å². The van der Waals surface area contributed by atoms with Crippen LogP contribution in [0.2, 0.25) is 0 Å². The van der Waals surface area contributed by atoms with E-state index in [-0.39, 0.29) is 16.2 Å². The number of para-hydroxylation sites is 7. The molecule has 0 unspecified atom stereocenters. The van der Waals surface area contributed by atoms with Gasteiger partial charge < -0.3 is 28.4 Å². The molecule has 0 amide bonds. The monoisotopic (exact) mass is 1780 g/mol. The zero-order valence-corrected chi connectivity index (χ0v) is 78.5. The van der Waals surface area contributed by atoms with Crippen LogP contribution in [-0.2, 0) is 16.2 Å². The van der Waals surface area contributed by atoms with E-state index in [0.717, 1.165) is 68.2 Å². The minimum absolute atomic E-state index is 0.0580. The Bertz CT molecular complexity index is 8800. The highest BCUT2D eigenvalue weighted by Crippen LogP contribution is 2.56. The normalized spacial score (nSPS) is 13.1. The van der Waals surface area contributed by atoms with Gasteiger partial charge in [0, 0.05) is 117 Å². The topological polar surface area (TPSA) is 24.5 Å². The Balaban J connectivity index is 0.000000111. The van der Waals surface area contributed by atoms with Crippen molar-refractivity contribution in [3.63, 3.8) is 0 Å². The maximum atomic E-state index is 2.46. The molecule has 6 nitrogen and oxygen atoms in total. The summed E-state index contributed by atoms with van der Waals surface area (Å²) in [7, 11) is 0. The van der Waals surface area contributed by atoms with E-state index in [1.807, 2.05) is 0 Å². The quantitative estimate of drug-likeness (QED) is 0.108. The van der Waals surface area contributed by atoms with Gasteiger partial charge in [-0.05, 0) is 300 Å². The average Bonchev–Trinajstić information content (AvgIpc) is 1.55. The number of anilines is 9. The molecule has 0 aliphatic heterocycles. The molecule has 21 aromatic carbocycles. The number of hydrogen-bond donors (Lipinski definition) is 0. The van der Waals surface area contributed by atoms with Crippen LogP contribution in [0.5, 0.6) is 0 Å². The van der Waals surface area contributed by atoms with Gasteiger partial charge in [-0.1, -0.05) is 339 Å². The van der Waals surface area contributed by atoms with Gasteiger partial charge in [-0.15, -0.1) is 0 Å². The van der Waals surface area contributed by atoms with Crippen molar-refractivity contribution in [3.05, 3.63) is 531 Å². The molecule has 0 spiro atoms. The van der Waals surface area contributed by atoms with E-state index in [1.54, 1.807) is 0 Å². The molecule has 0 fully saturated rings. The summed E-state index contributed by atoms with van der Waals surface area (Å²) in [5, 5.41) is 10.2. The summed E-state index contributed by atoms with van der Waals surface area (Å²) in [6.45, 7) is 14.1. The summed E-state index contributed by atoms with van der Waals surface area (Å²) in [4.78, 5) is 7.01. The molecule has 662 valence electrons. The number of benzene rings is 21. The standard InChI is InChI=1S/C48H38N2.C45H34N2.C40H28N2/c1-47(2)41-19-11-8-16-35(41)37-27-26-34(28-43(37)47)49(31-14-6-5-7-15-31)32-22-24-33(25-23-32)50-45-21-13-10-18-38(45)40-29-39-36-17-9-12-20-42(36)48(3,4)44(39)30-46(40)50;1-45(2)41-19-11-9-17-37(41)39-29-40-38-18-10-12-20-43(38)47(44(40)30-42(39)45)36-27-25-35(26-28-36)46(33-15-7-4-8-16-33)34-23-21-32(22-24-34)31-13-5-3-6-14-31;1-3-13-33(14-4-1)41(34-15-5-2-6-16-34)35-23-19-29(20-24-35)30-21-25-36(26-22-30)42-39-18-10-9-17-37(39)38-27-31-11-7-8-12-32(31)28-40(38)42/h5-30H,1-4H3;3-30H,1-2H3;1-28H. The second-order valence-electron chi connectivity index (χ2n) is 38.7. The lowest BCUT2D eigenvalue weighted by atomic mass is 9.82. The van der Waals surface area contributed by atoms with E-state index >= 15 is 0 Å². The fraction of sp³-hybridized carbons (Fsp3) is 0.0677. The van der Waals surface area contributed by atoms with Crippen LogP contribution in [0.25, 0.3) is 149 Å². The molecule has 24 aromatic rings. The Morgan fingerprint density at radius 2 is 0.396 bits per heavy atom. The summed E-state index contributed by atoms with van der Waals surface area (Å²) in [5.74, 6) is 0. The summed E-state index contributed by atoms with van der Waals surface area (Å²) < 4.78 is 7.28. The largest absolute Gasteiger partial charge is 0.311 e. The molecule has 0 saturated carbocycles. The first-order valence-corrected chi connectivity index (χ1v) is 48.4. The van der Waals surface area contributed by atoms with Gasteiger partial charge in [0.2, 0.25) is 0 Å². The molecule has 139 heavy (non-hydrogen) atoms. The molecule has 0 radical (unpaired) electrons. The van der Waals surface area contributed by atoms with Gasteiger partial charge in [-0.2, -0.15) is 0 Å². The minimum atomic E-state index is -0.0687. The average molecular weight is 1780 g/mol. The molecule has 0 N–H and O–H groups in total. The number of hydrogen-bond acceptors (Lipinski definition) is 3. The summed E-state index contributed by atoms with van der Waals surface area (Å²) in [6.07, 6.45) is 0. The van der Waals surface area contributed by atoms with Crippen molar-refractivity contribution >= 4 is 127 Å². The fourth-order valence-corrected chi connectivity index (χ4v) is 22.8. The molecule has 27 rings (SSSR count). The van der Waals surface area contributed by atoms with Gasteiger partial charge in [0.15, 0.2) is 0 Å². The molecule has 6 heteroatoms. The second kappa shape index (κ2) is 33.6. The molecule has 3 aliphatic rings. The predicted molar refractivity (Wildman–Crippen MR) is 587 cm³/mol. The maximum absolute atomic E-state index is 2.46. The Labute approximate surface area is 811 Å². The SMILES string of the molecule is CC1(C)c2ccccc2-c2cc3c4ccccc4n(-c4ccc(N(c5ccccc5)c5ccc(-c6ccccc6)cc5)cc4)c3cc21.CC1(C)c2ccccc2-c2ccc(N(c3ccccc3)c3ccc(-n4c5ccccc5c5cc6c(cc54)C(C)(C)c4ccccc4-6)cc3)cc21.c1ccc(N(c2ccccc2)c2ccc(-c3ccc(-n4c5ccccc5c5cc6ccccc6cc54)cc3)cc2)cc1. The third-order valence-electron chi connectivity index (χ3n) is 29.7. The zero-order chi connectivity index (χ0) is 93.2. The zero-order valence-electron chi connectivity index (χ0n) is 78.5. The van der Waals surface area contributed by atoms with Crippen LogP contribution in [0.15, 0.2) is 497 Å². The van der Waals surface area contributed by atoms with Crippen molar-refractivity contribution in [1.29, 1.82) is 0 Å². The van der Waals surface area contributed by atoms with Crippen LogP contribution >= 0.6 is 0 Å². The van der Waals surface area contributed by atoms with Crippen LogP contribution in [0.1, 0.15) is 74.9 Å². The molecular weight excluding hydrogens is 1680 g/mol. The lowest BCUT2D eigenvalue weighted by Gasteiger charge is -2.28. The number of nitrogens with zero attached hydrogens (tertiary/aromatic N) is 6. The third kappa shape index (κ3) is 14.1. The highest BCUT2D eigenvalue weighted by molar-refractivity contribution is 6.16. The maximum Gasteiger partial charge on any atom is 0.0547 e. The van der Waals surface area contributed by atoms with E-state index in [9.17, 15) is 0 Å². The molecular formula is C133H100N6. The first-order chi connectivity index (χ1) is 68.2. The minimum Gasteiger partial charge on any atom is -0.311 e. The van der Waals surface area contributed by atoms with Crippen molar-refractivity contribution in [1.82, 2.24) is 13.7 Å².